The van der Waals surface area contributed by atoms with E-state index in [4.69, 9.17) is 0 Å². The van der Waals surface area contributed by atoms with Crippen molar-refractivity contribution in [2.75, 3.05) is 4.72 Å². The fourth-order valence-corrected chi connectivity index (χ4v) is 2.62. The topological polar surface area (TPSA) is 72.0 Å². The van der Waals surface area contributed by atoms with Crippen molar-refractivity contribution in [3.05, 3.63) is 47.3 Å². The Labute approximate surface area is 114 Å². The highest BCUT2D eigenvalue weighted by Gasteiger charge is 2.18. The molecule has 1 N–H and O–H groups in total. The third-order valence-electron chi connectivity index (χ3n) is 2.35. The van der Waals surface area contributed by atoms with Crippen molar-refractivity contribution in [2.45, 2.75) is 18.7 Å². The lowest BCUT2D eigenvalue weighted by Crippen LogP contribution is -2.16. The second kappa shape index (κ2) is 5.12. The number of hydrogen-bond acceptors (Lipinski definition) is 4. The fourth-order valence-electron chi connectivity index (χ4n) is 1.63. The first-order valence-electron chi connectivity index (χ1n) is 5.57. The lowest BCUT2D eigenvalue weighted by Gasteiger charge is -2.08. The van der Waals surface area contributed by atoms with Crippen molar-refractivity contribution in [3.63, 3.8) is 0 Å². The first kappa shape index (κ1) is 14.3. The van der Waals surface area contributed by atoms with E-state index in [2.05, 4.69) is 14.7 Å². The van der Waals surface area contributed by atoms with Gasteiger partial charge in [0.2, 0.25) is 5.95 Å². The van der Waals surface area contributed by atoms with E-state index in [0.717, 1.165) is 0 Å². The Kier molecular flexibility index (Phi) is 3.67. The quantitative estimate of drug-likeness (QED) is 0.943. The molecule has 0 bridgehead atoms. The zero-order chi connectivity index (χ0) is 14.9. The maximum Gasteiger partial charge on any atom is 0.264 e. The molecule has 0 aliphatic carbocycles. The smallest absolute Gasteiger partial charge is 0.247 e. The molecule has 5 nitrogen and oxygen atoms in total. The van der Waals surface area contributed by atoms with Crippen LogP contribution < -0.4 is 4.72 Å². The average Bonchev–Trinajstić information content (AvgIpc) is 2.25. The van der Waals surface area contributed by atoms with Gasteiger partial charge in [-0.25, -0.2) is 31.9 Å². The molecule has 0 aliphatic rings. The summed E-state index contributed by atoms with van der Waals surface area (Å²) < 4.78 is 52.2. The summed E-state index contributed by atoms with van der Waals surface area (Å²) in [4.78, 5) is 7.27. The van der Waals surface area contributed by atoms with E-state index in [0.29, 0.717) is 29.6 Å². The van der Waals surface area contributed by atoms with Crippen molar-refractivity contribution in [2.24, 2.45) is 0 Å². The Morgan fingerprint density at radius 3 is 1.95 bits per heavy atom. The van der Waals surface area contributed by atoms with Gasteiger partial charge in [0.1, 0.15) is 11.6 Å². The minimum Gasteiger partial charge on any atom is -0.247 e. The number of sulfonamides is 1. The van der Waals surface area contributed by atoms with Crippen molar-refractivity contribution in [1.82, 2.24) is 9.97 Å². The van der Waals surface area contributed by atoms with Crippen LogP contribution in [0.15, 0.2) is 29.2 Å². The number of nitrogens with one attached hydrogen (secondary N) is 1. The Hall–Kier alpha value is -2.09. The lowest BCUT2D eigenvalue weighted by atomic mass is 10.3. The molecule has 0 fully saturated rings. The van der Waals surface area contributed by atoms with Gasteiger partial charge < -0.3 is 0 Å². The van der Waals surface area contributed by atoms with Crippen molar-refractivity contribution in [1.29, 1.82) is 0 Å². The maximum absolute atomic E-state index is 13.1. The van der Waals surface area contributed by atoms with Crippen molar-refractivity contribution in [3.8, 4) is 0 Å². The molecule has 1 aromatic heterocycles. The van der Waals surface area contributed by atoms with Gasteiger partial charge in [-0.2, -0.15) is 0 Å². The molecule has 0 atom stereocenters. The van der Waals surface area contributed by atoms with Crippen molar-refractivity contribution < 1.29 is 17.2 Å². The normalized spacial score (nSPS) is 11.4. The minimum atomic E-state index is -4.15. The summed E-state index contributed by atoms with van der Waals surface area (Å²) in [7, 11) is -4.15. The van der Waals surface area contributed by atoms with Crippen LogP contribution in [0.1, 0.15) is 11.4 Å². The van der Waals surface area contributed by atoms with Gasteiger partial charge >= 0.3 is 0 Å². The maximum atomic E-state index is 13.1. The second-order valence-electron chi connectivity index (χ2n) is 4.18. The van der Waals surface area contributed by atoms with E-state index in [9.17, 15) is 17.2 Å². The first-order valence-corrected chi connectivity index (χ1v) is 7.06. The van der Waals surface area contributed by atoms with Gasteiger partial charge in [-0.1, -0.05) is 0 Å². The second-order valence-corrected chi connectivity index (χ2v) is 5.87. The van der Waals surface area contributed by atoms with Gasteiger partial charge in [-0.15, -0.1) is 0 Å². The Balaban J connectivity index is 2.40. The molecular formula is C12H11F2N3O2S. The van der Waals surface area contributed by atoms with E-state index in [-0.39, 0.29) is 5.95 Å². The van der Waals surface area contributed by atoms with E-state index in [1.807, 2.05) is 0 Å². The highest BCUT2D eigenvalue weighted by Crippen LogP contribution is 2.16. The van der Waals surface area contributed by atoms with Crippen LogP contribution in [-0.4, -0.2) is 18.4 Å². The molecule has 0 saturated heterocycles. The number of aryl methyl sites for hydroxylation is 2. The number of nitrogens with zero attached hydrogens (tertiary/aromatic N) is 2. The van der Waals surface area contributed by atoms with Crippen LogP contribution in [0, 0.1) is 25.5 Å². The van der Waals surface area contributed by atoms with Crippen LogP contribution in [0.3, 0.4) is 0 Å². The largest absolute Gasteiger partial charge is 0.264 e. The van der Waals surface area contributed by atoms with Gasteiger partial charge in [0.15, 0.2) is 0 Å². The Bertz CT molecular complexity index is 723. The van der Waals surface area contributed by atoms with E-state index in [1.165, 1.54) is 0 Å². The van der Waals surface area contributed by atoms with Crippen LogP contribution in [-0.2, 0) is 10.0 Å². The third-order valence-corrected chi connectivity index (χ3v) is 3.66. The first-order chi connectivity index (χ1) is 9.26. The molecule has 0 amide bonds. The van der Waals surface area contributed by atoms with Gasteiger partial charge in [-0.3, -0.25) is 0 Å². The number of halogens is 2. The summed E-state index contributed by atoms with van der Waals surface area (Å²) >= 11 is 0. The number of benzene rings is 1. The van der Waals surface area contributed by atoms with Crippen LogP contribution in [0.4, 0.5) is 14.7 Å². The van der Waals surface area contributed by atoms with E-state index in [1.54, 1.807) is 19.9 Å². The molecular weight excluding hydrogens is 288 g/mol. The zero-order valence-corrected chi connectivity index (χ0v) is 11.5. The predicted octanol–water partition coefficient (Wildman–Crippen LogP) is 2.17. The molecule has 0 unspecified atom stereocenters. The zero-order valence-electron chi connectivity index (χ0n) is 10.7. The minimum absolute atomic E-state index is 0.146. The number of anilines is 1. The van der Waals surface area contributed by atoms with Crippen LogP contribution >= 0.6 is 0 Å². The monoisotopic (exact) mass is 299 g/mol. The highest BCUT2D eigenvalue weighted by molar-refractivity contribution is 7.92. The summed E-state index contributed by atoms with van der Waals surface area (Å²) in [6.45, 7) is 3.35. The summed E-state index contributed by atoms with van der Waals surface area (Å²) in [6, 6.07) is 3.69. The van der Waals surface area contributed by atoms with Gasteiger partial charge in [-0.05, 0) is 32.0 Å². The standard InChI is InChI=1S/C12H11F2N3O2S/c1-7-3-8(2)16-12(15-7)17-20(18,19)11-5-9(13)4-10(14)6-11/h3-6H,1-2H3,(H,15,16,17). The Morgan fingerprint density at radius 2 is 1.45 bits per heavy atom. The lowest BCUT2D eigenvalue weighted by molar-refractivity contribution is 0.568. The highest BCUT2D eigenvalue weighted by atomic mass is 32.2. The van der Waals surface area contributed by atoms with Crippen molar-refractivity contribution >= 4 is 16.0 Å². The summed E-state index contributed by atoms with van der Waals surface area (Å²) in [5, 5.41) is 0. The molecule has 106 valence electrons. The molecule has 0 radical (unpaired) electrons. The average molecular weight is 299 g/mol. The van der Waals surface area contributed by atoms with Gasteiger partial charge in [0.25, 0.3) is 10.0 Å². The van der Waals surface area contributed by atoms with E-state index >= 15 is 0 Å². The molecule has 0 aliphatic heterocycles. The third kappa shape index (κ3) is 3.27. The summed E-state index contributed by atoms with van der Waals surface area (Å²) in [5.74, 6) is -2.11. The molecule has 1 heterocycles. The van der Waals surface area contributed by atoms with E-state index < -0.39 is 26.6 Å². The van der Waals surface area contributed by atoms with Crippen LogP contribution in [0.5, 0.6) is 0 Å². The number of hydrogen-bond donors (Lipinski definition) is 1. The Morgan fingerprint density at radius 1 is 0.950 bits per heavy atom. The molecule has 8 heteroatoms. The van der Waals surface area contributed by atoms with Gasteiger partial charge in [0, 0.05) is 17.5 Å². The number of rotatable bonds is 3. The predicted molar refractivity (Wildman–Crippen MR) is 68.7 cm³/mol. The fraction of sp³-hybridized carbons (Fsp3) is 0.167. The SMILES string of the molecule is Cc1cc(C)nc(NS(=O)(=O)c2cc(F)cc(F)c2)n1. The van der Waals surface area contributed by atoms with Gasteiger partial charge in [0.05, 0.1) is 4.90 Å². The molecule has 0 saturated carbocycles. The summed E-state index contributed by atoms with van der Waals surface area (Å²) in [5.41, 5.74) is 1.14. The molecule has 0 spiro atoms. The molecule has 2 rings (SSSR count). The van der Waals surface area contributed by atoms with Crippen LogP contribution in [0.2, 0.25) is 0 Å². The van der Waals surface area contributed by atoms with Crippen LogP contribution in [0.25, 0.3) is 0 Å². The molecule has 2 aromatic rings. The molecule has 1 aromatic carbocycles. The summed E-state index contributed by atoms with van der Waals surface area (Å²) in [6.07, 6.45) is 0. The number of aromatic nitrogens is 2. The molecule has 20 heavy (non-hydrogen) atoms.